The number of aryl methyl sites for hydroxylation is 1. The van der Waals surface area contributed by atoms with E-state index in [0.29, 0.717) is 17.9 Å². The molecule has 1 aromatic heterocycles. The van der Waals surface area contributed by atoms with Crippen molar-refractivity contribution in [2.24, 2.45) is 5.92 Å². The first-order valence-electron chi connectivity index (χ1n) is 5.95. The Balaban J connectivity index is 2.29. The van der Waals surface area contributed by atoms with Crippen molar-refractivity contribution >= 4 is 11.8 Å². The van der Waals surface area contributed by atoms with Gasteiger partial charge in [0.15, 0.2) is 0 Å². The molecule has 4 nitrogen and oxygen atoms in total. The summed E-state index contributed by atoms with van der Waals surface area (Å²) in [6.45, 7) is 7.57. The fourth-order valence-corrected chi connectivity index (χ4v) is 2.49. The highest BCUT2D eigenvalue weighted by Crippen LogP contribution is 2.28. The molecule has 16 heavy (non-hydrogen) atoms. The van der Waals surface area contributed by atoms with Gasteiger partial charge in [0, 0.05) is 24.3 Å². The summed E-state index contributed by atoms with van der Waals surface area (Å²) in [4.78, 5) is 10.8. The predicted molar refractivity (Wildman–Crippen MR) is 66.4 cm³/mol. The number of hydrogen-bond donors (Lipinski definition) is 1. The zero-order valence-electron chi connectivity index (χ0n) is 10.3. The molecule has 1 aromatic rings. The first-order valence-corrected chi connectivity index (χ1v) is 5.95. The van der Waals surface area contributed by atoms with Crippen LogP contribution in [-0.2, 0) is 0 Å². The first-order chi connectivity index (χ1) is 7.58. The zero-order valence-corrected chi connectivity index (χ0v) is 10.3. The maximum absolute atomic E-state index is 5.70. The van der Waals surface area contributed by atoms with Gasteiger partial charge in [-0.15, -0.1) is 0 Å². The molecule has 0 bridgehead atoms. The van der Waals surface area contributed by atoms with Gasteiger partial charge in [-0.3, -0.25) is 0 Å². The summed E-state index contributed by atoms with van der Waals surface area (Å²) in [5, 5.41) is 0. The van der Waals surface area contributed by atoms with Crippen LogP contribution >= 0.6 is 0 Å². The van der Waals surface area contributed by atoms with Crippen molar-refractivity contribution in [2.45, 2.75) is 39.7 Å². The molecule has 0 aliphatic carbocycles. The topological polar surface area (TPSA) is 55.0 Å². The Morgan fingerprint density at radius 1 is 1.44 bits per heavy atom. The van der Waals surface area contributed by atoms with Crippen molar-refractivity contribution in [1.29, 1.82) is 0 Å². The molecule has 0 spiro atoms. The predicted octanol–water partition coefficient (Wildman–Crippen LogP) is 1.99. The van der Waals surface area contributed by atoms with Crippen LogP contribution in [0.1, 0.15) is 32.4 Å². The van der Waals surface area contributed by atoms with Gasteiger partial charge in [0.25, 0.3) is 0 Å². The average Bonchev–Trinajstić information content (AvgIpc) is 2.63. The molecule has 2 rings (SSSR count). The second-order valence-corrected chi connectivity index (χ2v) is 4.87. The highest BCUT2D eigenvalue weighted by molar-refractivity contribution is 5.45. The van der Waals surface area contributed by atoms with Gasteiger partial charge in [-0.1, -0.05) is 13.8 Å². The van der Waals surface area contributed by atoms with E-state index < -0.39 is 0 Å². The number of rotatable bonds is 2. The van der Waals surface area contributed by atoms with Gasteiger partial charge >= 0.3 is 0 Å². The van der Waals surface area contributed by atoms with E-state index in [-0.39, 0.29) is 0 Å². The first kappa shape index (κ1) is 11.2. The van der Waals surface area contributed by atoms with Crippen molar-refractivity contribution in [3.8, 4) is 0 Å². The molecule has 88 valence electrons. The summed E-state index contributed by atoms with van der Waals surface area (Å²) in [6, 6.07) is 2.62. The number of aromatic nitrogens is 2. The van der Waals surface area contributed by atoms with E-state index in [2.05, 4.69) is 28.7 Å². The van der Waals surface area contributed by atoms with E-state index in [1.165, 1.54) is 12.8 Å². The molecule has 0 radical (unpaired) electrons. The Kier molecular flexibility index (Phi) is 2.99. The Morgan fingerprint density at radius 2 is 2.19 bits per heavy atom. The Bertz CT molecular complexity index is 355. The molecule has 1 saturated heterocycles. The van der Waals surface area contributed by atoms with Crippen LogP contribution in [0.25, 0.3) is 0 Å². The SMILES string of the molecule is Cc1cc(N2CCCC2C(C)C)nc(N)n1. The van der Waals surface area contributed by atoms with Gasteiger partial charge in [0.2, 0.25) is 5.95 Å². The minimum Gasteiger partial charge on any atom is -0.368 e. The van der Waals surface area contributed by atoms with Crippen LogP contribution in [0, 0.1) is 12.8 Å². The standard InChI is InChI=1S/C12H20N4/c1-8(2)10-5-4-6-16(10)11-7-9(3)14-12(13)15-11/h7-8,10H,4-6H2,1-3H3,(H2,13,14,15). The van der Waals surface area contributed by atoms with Crippen LogP contribution in [0.4, 0.5) is 11.8 Å². The van der Waals surface area contributed by atoms with Crippen molar-refractivity contribution in [3.63, 3.8) is 0 Å². The summed E-state index contributed by atoms with van der Waals surface area (Å²) >= 11 is 0. The third-order valence-electron chi connectivity index (χ3n) is 3.22. The van der Waals surface area contributed by atoms with E-state index in [1.54, 1.807) is 0 Å². The third kappa shape index (κ3) is 2.10. The van der Waals surface area contributed by atoms with Crippen molar-refractivity contribution < 1.29 is 0 Å². The van der Waals surface area contributed by atoms with Crippen LogP contribution < -0.4 is 10.6 Å². The largest absolute Gasteiger partial charge is 0.368 e. The number of nitrogen functional groups attached to an aromatic ring is 1. The van der Waals surface area contributed by atoms with Gasteiger partial charge in [-0.25, -0.2) is 4.98 Å². The second kappa shape index (κ2) is 4.28. The number of nitrogens with zero attached hydrogens (tertiary/aromatic N) is 3. The lowest BCUT2D eigenvalue weighted by molar-refractivity contribution is 0.489. The summed E-state index contributed by atoms with van der Waals surface area (Å²) in [5.74, 6) is 2.02. The van der Waals surface area contributed by atoms with E-state index in [9.17, 15) is 0 Å². The highest BCUT2D eigenvalue weighted by atomic mass is 15.2. The third-order valence-corrected chi connectivity index (χ3v) is 3.22. The van der Waals surface area contributed by atoms with Crippen LogP contribution in [0.15, 0.2) is 6.07 Å². The molecule has 0 aromatic carbocycles. The molecule has 2 N–H and O–H groups in total. The van der Waals surface area contributed by atoms with Gasteiger partial charge in [-0.05, 0) is 25.7 Å². The minimum atomic E-state index is 0.379. The normalized spacial score (nSPS) is 20.8. The maximum atomic E-state index is 5.70. The molecule has 1 aliphatic heterocycles. The Labute approximate surface area is 96.9 Å². The fourth-order valence-electron chi connectivity index (χ4n) is 2.49. The summed E-state index contributed by atoms with van der Waals surface area (Å²) < 4.78 is 0. The quantitative estimate of drug-likeness (QED) is 0.828. The highest BCUT2D eigenvalue weighted by Gasteiger charge is 2.28. The molecule has 1 atom stereocenters. The van der Waals surface area contributed by atoms with Crippen molar-refractivity contribution in [3.05, 3.63) is 11.8 Å². The van der Waals surface area contributed by atoms with E-state index in [4.69, 9.17) is 5.73 Å². The zero-order chi connectivity index (χ0) is 11.7. The van der Waals surface area contributed by atoms with Crippen LogP contribution in [0.2, 0.25) is 0 Å². The van der Waals surface area contributed by atoms with E-state index in [1.807, 2.05) is 13.0 Å². The van der Waals surface area contributed by atoms with Gasteiger partial charge in [0.1, 0.15) is 5.82 Å². The molecule has 1 aliphatic rings. The van der Waals surface area contributed by atoms with Crippen molar-refractivity contribution in [1.82, 2.24) is 9.97 Å². The van der Waals surface area contributed by atoms with Gasteiger partial charge in [-0.2, -0.15) is 4.98 Å². The van der Waals surface area contributed by atoms with Crippen molar-refractivity contribution in [2.75, 3.05) is 17.2 Å². The van der Waals surface area contributed by atoms with Crippen LogP contribution in [0.3, 0.4) is 0 Å². The molecule has 0 saturated carbocycles. The summed E-state index contributed by atoms with van der Waals surface area (Å²) in [7, 11) is 0. The minimum absolute atomic E-state index is 0.379. The lowest BCUT2D eigenvalue weighted by atomic mass is 10.0. The Morgan fingerprint density at radius 3 is 2.81 bits per heavy atom. The second-order valence-electron chi connectivity index (χ2n) is 4.87. The molecule has 1 fully saturated rings. The molecular formula is C12H20N4. The van der Waals surface area contributed by atoms with E-state index in [0.717, 1.165) is 18.1 Å². The molecule has 0 amide bonds. The summed E-state index contributed by atoms with van der Waals surface area (Å²) in [5.41, 5.74) is 6.64. The monoisotopic (exact) mass is 220 g/mol. The lowest BCUT2D eigenvalue weighted by Gasteiger charge is -2.28. The fraction of sp³-hybridized carbons (Fsp3) is 0.667. The smallest absolute Gasteiger partial charge is 0.222 e. The number of hydrogen-bond acceptors (Lipinski definition) is 4. The number of nitrogens with two attached hydrogens (primary N) is 1. The molecule has 4 heteroatoms. The summed E-state index contributed by atoms with van der Waals surface area (Å²) in [6.07, 6.45) is 2.49. The Hall–Kier alpha value is -1.32. The number of anilines is 2. The molecule has 2 heterocycles. The van der Waals surface area contributed by atoms with E-state index >= 15 is 0 Å². The maximum Gasteiger partial charge on any atom is 0.222 e. The van der Waals surface area contributed by atoms with Crippen LogP contribution in [0.5, 0.6) is 0 Å². The average molecular weight is 220 g/mol. The van der Waals surface area contributed by atoms with Gasteiger partial charge in [0.05, 0.1) is 0 Å². The lowest BCUT2D eigenvalue weighted by Crippen LogP contribution is -2.34. The van der Waals surface area contributed by atoms with Crippen LogP contribution in [-0.4, -0.2) is 22.6 Å². The van der Waals surface area contributed by atoms with Gasteiger partial charge < -0.3 is 10.6 Å². The molecular weight excluding hydrogens is 200 g/mol. The molecule has 1 unspecified atom stereocenters.